The van der Waals surface area contributed by atoms with Crippen LogP contribution in [0.4, 0.5) is 0 Å². The van der Waals surface area contributed by atoms with Crippen LogP contribution in [0.1, 0.15) is 18.4 Å². The minimum atomic E-state index is -0.0529. The van der Waals surface area contributed by atoms with E-state index in [4.69, 9.17) is 5.41 Å². The second-order valence-electron chi connectivity index (χ2n) is 3.69. The quantitative estimate of drug-likeness (QED) is 0.363. The zero-order valence-electron chi connectivity index (χ0n) is 9.60. The van der Waals surface area contributed by atoms with Gasteiger partial charge in [-0.25, -0.2) is 0 Å². The van der Waals surface area contributed by atoms with E-state index in [9.17, 15) is 4.79 Å². The van der Waals surface area contributed by atoms with Gasteiger partial charge in [0.15, 0.2) is 6.29 Å². The number of hydrogen-bond acceptors (Lipinski definition) is 2. The Bertz CT molecular complexity index is 398. The van der Waals surface area contributed by atoms with E-state index in [0.29, 0.717) is 17.8 Å². The fourth-order valence-corrected chi connectivity index (χ4v) is 1.42. The third-order valence-electron chi connectivity index (χ3n) is 2.64. The molecule has 0 saturated heterocycles. The molecule has 1 rings (SSSR count). The first kappa shape index (κ1) is 12.2. The zero-order valence-corrected chi connectivity index (χ0v) is 9.60. The summed E-state index contributed by atoms with van der Waals surface area (Å²) in [7, 11) is 1.68. The van der Waals surface area contributed by atoms with Gasteiger partial charge < -0.3 is 4.90 Å². The molecule has 1 N–H and O–H groups in total. The van der Waals surface area contributed by atoms with Crippen LogP contribution in [0.15, 0.2) is 42.6 Å². The first-order valence-corrected chi connectivity index (χ1v) is 5.09. The van der Waals surface area contributed by atoms with Gasteiger partial charge in [0.1, 0.15) is 5.84 Å². The van der Waals surface area contributed by atoms with E-state index in [1.807, 2.05) is 37.3 Å². The second-order valence-corrected chi connectivity index (χ2v) is 3.69. The Morgan fingerprint density at radius 1 is 1.44 bits per heavy atom. The number of nitrogens with zero attached hydrogens (tertiary/aromatic N) is 1. The fraction of sp³-hybridized carbons (Fsp3) is 0.231. The van der Waals surface area contributed by atoms with Crippen molar-refractivity contribution >= 4 is 12.1 Å². The first-order valence-electron chi connectivity index (χ1n) is 5.09. The number of carbonyl (C=O) groups excluding carboxylic acids is 1. The Hall–Kier alpha value is -1.90. The lowest BCUT2D eigenvalue weighted by molar-refractivity contribution is -0.105. The summed E-state index contributed by atoms with van der Waals surface area (Å²) in [5, 5.41) is 7.98. The summed E-state index contributed by atoms with van der Waals surface area (Å²) in [5.74, 6) is 0.311. The zero-order chi connectivity index (χ0) is 12.1. The van der Waals surface area contributed by atoms with Crippen molar-refractivity contribution in [3.8, 4) is 0 Å². The van der Waals surface area contributed by atoms with Crippen LogP contribution in [0.25, 0.3) is 0 Å². The van der Waals surface area contributed by atoms with Crippen LogP contribution in [0, 0.1) is 5.41 Å². The summed E-state index contributed by atoms with van der Waals surface area (Å²) in [5.41, 5.74) is 1.35. The summed E-state index contributed by atoms with van der Waals surface area (Å²) >= 11 is 0. The third kappa shape index (κ3) is 2.57. The molecule has 3 nitrogen and oxygen atoms in total. The largest absolute Gasteiger partial charge is 0.331 e. The number of rotatable bonds is 4. The molecule has 0 fully saturated rings. The van der Waals surface area contributed by atoms with Crippen LogP contribution in [-0.4, -0.2) is 24.1 Å². The summed E-state index contributed by atoms with van der Waals surface area (Å²) in [6, 6.07) is 9.75. The van der Waals surface area contributed by atoms with E-state index in [1.54, 1.807) is 7.05 Å². The Morgan fingerprint density at radius 2 is 2.00 bits per heavy atom. The molecule has 0 bridgehead atoms. The van der Waals surface area contributed by atoms with Gasteiger partial charge >= 0.3 is 0 Å². The van der Waals surface area contributed by atoms with Gasteiger partial charge in [0.05, 0.1) is 5.70 Å². The molecule has 1 atom stereocenters. The predicted molar refractivity (Wildman–Crippen MR) is 65.6 cm³/mol. The van der Waals surface area contributed by atoms with Crippen LogP contribution in [-0.2, 0) is 4.79 Å². The monoisotopic (exact) mass is 216 g/mol. The number of amidine groups is 1. The van der Waals surface area contributed by atoms with Crippen molar-refractivity contribution in [2.24, 2.45) is 0 Å². The number of nitrogens with one attached hydrogen (secondary N) is 1. The Morgan fingerprint density at radius 3 is 2.50 bits per heavy atom. The summed E-state index contributed by atoms with van der Waals surface area (Å²) in [6.07, 6.45) is 0.659. The van der Waals surface area contributed by atoms with Crippen molar-refractivity contribution in [3.05, 3.63) is 48.2 Å². The van der Waals surface area contributed by atoms with Crippen LogP contribution in [0.5, 0.6) is 0 Å². The number of benzene rings is 1. The molecule has 16 heavy (non-hydrogen) atoms. The van der Waals surface area contributed by atoms with Crippen LogP contribution in [0.2, 0.25) is 0 Å². The second kappa shape index (κ2) is 5.26. The summed E-state index contributed by atoms with van der Waals surface area (Å²) in [4.78, 5) is 12.1. The number of aldehydes is 1. The maximum absolute atomic E-state index is 10.6. The van der Waals surface area contributed by atoms with Crippen molar-refractivity contribution in [2.45, 2.75) is 12.8 Å². The van der Waals surface area contributed by atoms with Crippen LogP contribution in [0.3, 0.4) is 0 Å². The van der Waals surface area contributed by atoms with E-state index in [-0.39, 0.29) is 5.92 Å². The average Bonchev–Trinajstić information content (AvgIpc) is 2.36. The summed E-state index contributed by atoms with van der Waals surface area (Å²) in [6.45, 7) is 5.52. The van der Waals surface area contributed by atoms with E-state index in [1.165, 1.54) is 4.90 Å². The maximum atomic E-state index is 10.6. The molecular formula is C13H16N2O. The van der Waals surface area contributed by atoms with Crippen LogP contribution >= 0.6 is 0 Å². The topological polar surface area (TPSA) is 44.2 Å². The molecule has 0 spiro atoms. The first-order chi connectivity index (χ1) is 7.57. The molecular weight excluding hydrogens is 200 g/mol. The van der Waals surface area contributed by atoms with Gasteiger partial charge in [0, 0.05) is 13.0 Å². The molecule has 0 aliphatic heterocycles. The highest BCUT2D eigenvalue weighted by Crippen LogP contribution is 2.18. The van der Waals surface area contributed by atoms with E-state index < -0.39 is 0 Å². The molecule has 0 aliphatic carbocycles. The molecule has 1 aromatic carbocycles. The van der Waals surface area contributed by atoms with Gasteiger partial charge in [-0.3, -0.25) is 10.2 Å². The van der Waals surface area contributed by atoms with Crippen molar-refractivity contribution in [1.29, 1.82) is 5.41 Å². The molecule has 0 aliphatic rings. The lowest BCUT2D eigenvalue weighted by Gasteiger charge is -2.23. The number of hydrogen-bond donors (Lipinski definition) is 1. The molecule has 0 radical (unpaired) electrons. The molecule has 3 heteroatoms. The molecule has 84 valence electrons. The third-order valence-corrected chi connectivity index (χ3v) is 2.64. The minimum absolute atomic E-state index is 0.0529. The van der Waals surface area contributed by atoms with Gasteiger partial charge in [0.2, 0.25) is 0 Å². The Balaban J connectivity index is 2.83. The van der Waals surface area contributed by atoms with Crippen molar-refractivity contribution in [3.63, 3.8) is 0 Å². The standard InChI is InChI=1S/C13H16N2O/c1-10(9-16)15(3)13(14)11(2)12-7-5-4-6-8-12/h4-9,11,14H,1H2,2-3H3. The van der Waals surface area contributed by atoms with Crippen molar-refractivity contribution in [1.82, 2.24) is 4.90 Å². The molecule has 0 amide bonds. The minimum Gasteiger partial charge on any atom is -0.331 e. The molecule has 0 heterocycles. The van der Waals surface area contributed by atoms with Crippen molar-refractivity contribution in [2.75, 3.05) is 7.05 Å². The number of carbonyl (C=O) groups is 1. The average molecular weight is 216 g/mol. The Labute approximate surface area is 95.9 Å². The number of likely N-dealkylation sites (N-methyl/N-ethyl adjacent to an activating group) is 1. The van der Waals surface area contributed by atoms with E-state index in [2.05, 4.69) is 6.58 Å². The molecule has 0 aromatic heterocycles. The van der Waals surface area contributed by atoms with Crippen LogP contribution < -0.4 is 0 Å². The van der Waals surface area contributed by atoms with E-state index in [0.717, 1.165) is 5.56 Å². The smallest absolute Gasteiger partial charge is 0.165 e. The highest BCUT2D eigenvalue weighted by atomic mass is 16.1. The van der Waals surface area contributed by atoms with Gasteiger partial charge in [-0.1, -0.05) is 43.8 Å². The van der Waals surface area contributed by atoms with Crippen molar-refractivity contribution < 1.29 is 4.79 Å². The van der Waals surface area contributed by atoms with Gasteiger partial charge in [-0.15, -0.1) is 0 Å². The van der Waals surface area contributed by atoms with Gasteiger partial charge in [0.25, 0.3) is 0 Å². The maximum Gasteiger partial charge on any atom is 0.165 e. The Kier molecular flexibility index (Phi) is 4.00. The highest BCUT2D eigenvalue weighted by molar-refractivity contribution is 5.91. The van der Waals surface area contributed by atoms with Gasteiger partial charge in [-0.05, 0) is 5.56 Å². The molecule has 0 saturated carbocycles. The van der Waals surface area contributed by atoms with Gasteiger partial charge in [-0.2, -0.15) is 0 Å². The van der Waals surface area contributed by atoms with E-state index >= 15 is 0 Å². The normalized spacial score (nSPS) is 11.6. The molecule has 1 unspecified atom stereocenters. The fourth-order valence-electron chi connectivity index (χ4n) is 1.42. The SMILES string of the molecule is C=C(C=O)N(C)C(=N)C(C)c1ccccc1. The number of allylic oxidation sites excluding steroid dienone is 1. The predicted octanol–water partition coefficient (Wildman–Crippen LogP) is 2.41. The molecule has 1 aromatic rings. The lowest BCUT2D eigenvalue weighted by atomic mass is 9.99. The highest BCUT2D eigenvalue weighted by Gasteiger charge is 2.16. The lowest BCUT2D eigenvalue weighted by Crippen LogP contribution is -2.29. The summed E-state index contributed by atoms with van der Waals surface area (Å²) < 4.78 is 0.